The first kappa shape index (κ1) is 17.3. The molecule has 128 valence electrons. The van der Waals surface area contributed by atoms with Gasteiger partial charge in [-0.25, -0.2) is 0 Å². The van der Waals surface area contributed by atoms with Crippen LogP contribution in [0.2, 0.25) is 5.02 Å². The Hall–Kier alpha value is -2.51. The van der Waals surface area contributed by atoms with Crippen LogP contribution in [0.25, 0.3) is 17.4 Å². The van der Waals surface area contributed by atoms with Gasteiger partial charge >= 0.3 is 5.97 Å². The van der Waals surface area contributed by atoms with Gasteiger partial charge in [-0.2, -0.15) is 0 Å². The zero-order valence-electron chi connectivity index (χ0n) is 13.0. The Morgan fingerprint density at radius 1 is 1.24 bits per heavy atom. The molecule has 3 rings (SSSR count). The largest absolute Gasteiger partial charge is 0.468 e. The summed E-state index contributed by atoms with van der Waals surface area (Å²) in [6.07, 6.45) is 1.47. The number of benzene rings is 1. The van der Waals surface area contributed by atoms with E-state index in [1.165, 1.54) is 13.2 Å². The predicted octanol–water partition coefficient (Wildman–Crippen LogP) is 3.81. The highest BCUT2D eigenvalue weighted by molar-refractivity contribution is 8.18. The van der Waals surface area contributed by atoms with Gasteiger partial charge in [-0.05, 0) is 48.2 Å². The standard InChI is InChI=1S/C17H12ClNO5S/c1-23-15(20)9-19-16(21)14(25-17(19)22)8-12-6-7-13(24-12)10-2-4-11(18)5-3-10/h2-8H,9H2,1H3/b14-8+. The van der Waals surface area contributed by atoms with Crippen molar-refractivity contribution < 1.29 is 23.5 Å². The number of amides is 2. The summed E-state index contributed by atoms with van der Waals surface area (Å²) >= 11 is 6.61. The lowest BCUT2D eigenvalue weighted by Gasteiger charge is -2.09. The molecule has 0 unspecified atom stereocenters. The molecular formula is C17H12ClNO5S. The summed E-state index contributed by atoms with van der Waals surface area (Å²) < 4.78 is 10.2. The van der Waals surface area contributed by atoms with E-state index >= 15 is 0 Å². The molecule has 0 radical (unpaired) electrons. The molecule has 0 N–H and O–H groups in total. The van der Waals surface area contributed by atoms with Crippen LogP contribution >= 0.6 is 23.4 Å². The van der Waals surface area contributed by atoms with Gasteiger partial charge in [-0.15, -0.1) is 0 Å². The molecule has 0 atom stereocenters. The Kier molecular flexibility index (Phi) is 4.96. The topological polar surface area (TPSA) is 76.8 Å². The van der Waals surface area contributed by atoms with Gasteiger partial charge in [0.2, 0.25) is 0 Å². The van der Waals surface area contributed by atoms with Gasteiger partial charge < -0.3 is 9.15 Å². The van der Waals surface area contributed by atoms with Gasteiger partial charge in [0.1, 0.15) is 18.1 Å². The molecule has 2 aromatic rings. The normalized spacial score (nSPS) is 15.9. The number of imide groups is 1. The first-order valence-corrected chi connectivity index (χ1v) is 8.35. The highest BCUT2D eigenvalue weighted by Crippen LogP contribution is 2.33. The quantitative estimate of drug-likeness (QED) is 0.595. The minimum Gasteiger partial charge on any atom is -0.468 e. The molecule has 2 amide bonds. The van der Waals surface area contributed by atoms with Gasteiger partial charge in [0, 0.05) is 16.7 Å². The molecule has 1 saturated heterocycles. The summed E-state index contributed by atoms with van der Waals surface area (Å²) in [5.74, 6) is -0.179. The third-order valence-electron chi connectivity index (χ3n) is 3.42. The van der Waals surface area contributed by atoms with Crippen LogP contribution in [0.4, 0.5) is 4.79 Å². The second-order valence-corrected chi connectivity index (χ2v) is 6.48. The van der Waals surface area contributed by atoms with Crippen molar-refractivity contribution in [3.05, 3.63) is 52.1 Å². The van der Waals surface area contributed by atoms with Crippen molar-refractivity contribution in [1.29, 1.82) is 0 Å². The van der Waals surface area contributed by atoms with E-state index in [1.807, 2.05) is 12.1 Å². The van der Waals surface area contributed by atoms with Crippen LogP contribution in [0.3, 0.4) is 0 Å². The van der Waals surface area contributed by atoms with Crippen molar-refractivity contribution in [2.75, 3.05) is 13.7 Å². The van der Waals surface area contributed by atoms with E-state index in [-0.39, 0.29) is 4.91 Å². The lowest BCUT2D eigenvalue weighted by molar-refractivity contribution is -0.143. The number of halogens is 1. The van der Waals surface area contributed by atoms with Gasteiger partial charge in [-0.3, -0.25) is 19.3 Å². The summed E-state index contributed by atoms with van der Waals surface area (Å²) in [7, 11) is 1.19. The minimum atomic E-state index is -0.661. The summed E-state index contributed by atoms with van der Waals surface area (Å²) in [5.41, 5.74) is 0.836. The van der Waals surface area contributed by atoms with Crippen molar-refractivity contribution >= 4 is 46.6 Å². The molecular weight excluding hydrogens is 366 g/mol. The number of methoxy groups -OCH3 is 1. The summed E-state index contributed by atoms with van der Waals surface area (Å²) in [4.78, 5) is 36.4. The molecule has 0 bridgehead atoms. The third-order valence-corrected chi connectivity index (χ3v) is 4.58. The third kappa shape index (κ3) is 3.78. The van der Waals surface area contributed by atoms with Crippen molar-refractivity contribution in [3.8, 4) is 11.3 Å². The number of hydrogen-bond acceptors (Lipinski definition) is 6. The van der Waals surface area contributed by atoms with Crippen molar-refractivity contribution in [1.82, 2.24) is 4.90 Å². The Morgan fingerprint density at radius 2 is 1.96 bits per heavy atom. The predicted molar refractivity (Wildman–Crippen MR) is 93.8 cm³/mol. The molecule has 1 aromatic carbocycles. The Morgan fingerprint density at radius 3 is 2.64 bits per heavy atom. The monoisotopic (exact) mass is 377 g/mol. The van der Waals surface area contributed by atoms with E-state index in [4.69, 9.17) is 16.0 Å². The van der Waals surface area contributed by atoms with E-state index in [0.717, 1.165) is 22.2 Å². The lowest BCUT2D eigenvalue weighted by atomic mass is 10.2. The Labute approximate surface area is 152 Å². The van der Waals surface area contributed by atoms with Crippen LogP contribution in [0.1, 0.15) is 5.76 Å². The van der Waals surface area contributed by atoms with Gasteiger partial charge in [0.25, 0.3) is 11.1 Å². The maximum atomic E-state index is 12.2. The maximum absolute atomic E-state index is 12.2. The number of carbonyl (C=O) groups excluding carboxylic acids is 3. The fourth-order valence-corrected chi connectivity index (χ4v) is 3.10. The smallest absolute Gasteiger partial charge is 0.325 e. The van der Waals surface area contributed by atoms with Gasteiger partial charge in [-0.1, -0.05) is 11.6 Å². The molecule has 0 spiro atoms. The van der Waals surface area contributed by atoms with Crippen LogP contribution in [0.15, 0.2) is 45.7 Å². The molecule has 1 aliphatic rings. The summed E-state index contributed by atoms with van der Waals surface area (Å²) in [5, 5.41) is 0.0981. The number of thioether (sulfide) groups is 1. The fourth-order valence-electron chi connectivity index (χ4n) is 2.16. The van der Waals surface area contributed by atoms with Gasteiger partial charge in [0.05, 0.1) is 12.0 Å². The highest BCUT2D eigenvalue weighted by Gasteiger charge is 2.36. The summed E-state index contributed by atoms with van der Waals surface area (Å²) in [6, 6.07) is 10.6. The molecule has 6 nitrogen and oxygen atoms in total. The van der Waals surface area contributed by atoms with Crippen molar-refractivity contribution in [2.45, 2.75) is 0 Å². The van der Waals surface area contributed by atoms with E-state index in [2.05, 4.69) is 4.74 Å². The zero-order valence-corrected chi connectivity index (χ0v) is 14.6. The van der Waals surface area contributed by atoms with Crippen molar-refractivity contribution in [3.63, 3.8) is 0 Å². The number of furan rings is 1. The first-order valence-electron chi connectivity index (χ1n) is 7.16. The van der Waals surface area contributed by atoms with Gasteiger partial charge in [0.15, 0.2) is 0 Å². The Balaban J connectivity index is 1.79. The molecule has 25 heavy (non-hydrogen) atoms. The van der Waals surface area contributed by atoms with E-state index < -0.39 is 23.7 Å². The van der Waals surface area contributed by atoms with E-state index in [1.54, 1.807) is 24.3 Å². The molecule has 0 aliphatic carbocycles. The van der Waals surface area contributed by atoms with Crippen molar-refractivity contribution in [2.24, 2.45) is 0 Å². The molecule has 0 saturated carbocycles. The minimum absolute atomic E-state index is 0.186. The number of carbonyl (C=O) groups is 3. The molecule has 8 heteroatoms. The molecule has 1 aromatic heterocycles. The molecule has 1 aliphatic heterocycles. The summed E-state index contributed by atoms with van der Waals surface area (Å²) in [6.45, 7) is -0.410. The van der Waals surface area contributed by atoms with Crippen LogP contribution in [0, 0.1) is 0 Å². The molecule has 2 heterocycles. The number of hydrogen-bond donors (Lipinski definition) is 0. The molecule has 1 fully saturated rings. The second kappa shape index (κ2) is 7.16. The average molecular weight is 378 g/mol. The second-order valence-electron chi connectivity index (χ2n) is 5.05. The average Bonchev–Trinajstić information content (AvgIpc) is 3.16. The van der Waals surface area contributed by atoms with E-state index in [9.17, 15) is 14.4 Å². The fraction of sp³-hybridized carbons (Fsp3) is 0.118. The number of nitrogens with zero attached hydrogens (tertiary/aromatic N) is 1. The number of rotatable bonds is 4. The maximum Gasteiger partial charge on any atom is 0.325 e. The highest BCUT2D eigenvalue weighted by atomic mass is 35.5. The van der Waals surface area contributed by atoms with Crippen LogP contribution < -0.4 is 0 Å². The van der Waals surface area contributed by atoms with Crippen LogP contribution in [0.5, 0.6) is 0 Å². The number of esters is 1. The number of ether oxygens (including phenoxy) is 1. The first-order chi connectivity index (χ1) is 12.0. The lowest BCUT2D eigenvalue weighted by Crippen LogP contribution is -2.34. The van der Waals surface area contributed by atoms with Crippen LogP contribution in [-0.4, -0.2) is 35.7 Å². The Bertz CT molecular complexity index is 871. The van der Waals surface area contributed by atoms with Crippen LogP contribution in [-0.2, 0) is 14.3 Å². The zero-order chi connectivity index (χ0) is 18.0. The van der Waals surface area contributed by atoms with E-state index in [0.29, 0.717) is 16.5 Å². The SMILES string of the molecule is COC(=O)CN1C(=O)S/C(=C/c2ccc(-c3ccc(Cl)cc3)o2)C1=O.